The fourth-order valence-corrected chi connectivity index (χ4v) is 3.59. The van der Waals surface area contributed by atoms with Crippen LogP contribution < -0.4 is 10.1 Å². The Kier molecular flexibility index (Phi) is 5.58. The van der Waals surface area contributed by atoms with E-state index < -0.39 is 0 Å². The summed E-state index contributed by atoms with van der Waals surface area (Å²) >= 11 is 0. The molecule has 5 nitrogen and oxygen atoms in total. The van der Waals surface area contributed by atoms with Crippen LogP contribution in [0.2, 0.25) is 0 Å². The largest absolute Gasteiger partial charge is 0.497 e. The Morgan fingerprint density at radius 1 is 0.839 bits per heavy atom. The SMILES string of the molecule is COc1ccc(C2=C(Nc3ccc(C)c(C)c3)C(=O)N(Cc3ccccc3)C2=O)cc1. The van der Waals surface area contributed by atoms with Crippen LogP contribution in [0, 0.1) is 13.8 Å². The first-order valence-corrected chi connectivity index (χ1v) is 10.1. The van der Waals surface area contributed by atoms with E-state index in [1.807, 2.05) is 62.4 Å². The van der Waals surface area contributed by atoms with Gasteiger partial charge >= 0.3 is 0 Å². The van der Waals surface area contributed by atoms with E-state index in [0.717, 1.165) is 22.4 Å². The maximum atomic E-state index is 13.4. The molecule has 0 radical (unpaired) electrons. The summed E-state index contributed by atoms with van der Waals surface area (Å²) in [4.78, 5) is 28.0. The number of imide groups is 1. The van der Waals surface area contributed by atoms with Crippen molar-refractivity contribution < 1.29 is 14.3 Å². The summed E-state index contributed by atoms with van der Waals surface area (Å²) < 4.78 is 5.23. The van der Waals surface area contributed by atoms with Crippen LogP contribution in [0.1, 0.15) is 22.3 Å². The first-order valence-electron chi connectivity index (χ1n) is 10.1. The van der Waals surface area contributed by atoms with Crippen LogP contribution in [-0.4, -0.2) is 23.8 Å². The second-order valence-electron chi connectivity index (χ2n) is 7.58. The molecule has 0 spiro atoms. The third-order valence-corrected chi connectivity index (χ3v) is 5.51. The predicted molar refractivity (Wildman–Crippen MR) is 121 cm³/mol. The van der Waals surface area contributed by atoms with Crippen LogP contribution in [-0.2, 0) is 16.1 Å². The number of hydrogen-bond donors (Lipinski definition) is 1. The summed E-state index contributed by atoms with van der Waals surface area (Å²) in [6.07, 6.45) is 0. The van der Waals surface area contributed by atoms with E-state index >= 15 is 0 Å². The molecule has 2 amide bonds. The summed E-state index contributed by atoms with van der Waals surface area (Å²) in [5.74, 6) is 0.0363. The average Bonchev–Trinajstić information content (AvgIpc) is 3.01. The number of methoxy groups -OCH3 is 1. The number of nitrogens with zero attached hydrogens (tertiary/aromatic N) is 1. The fraction of sp³-hybridized carbons (Fsp3) is 0.154. The average molecular weight is 412 g/mol. The minimum atomic E-state index is -0.335. The molecule has 3 aromatic carbocycles. The van der Waals surface area contributed by atoms with Gasteiger partial charge < -0.3 is 10.1 Å². The van der Waals surface area contributed by atoms with E-state index in [1.165, 1.54) is 4.90 Å². The molecule has 0 aromatic heterocycles. The topological polar surface area (TPSA) is 58.6 Å². The molecular weight excluding hydrogens is 388 g/mol. The summed E-state index contributed by atoms with van der Waals surface area (Å²) in [5.41, 5.74) is 5.25. The molecule has 0 unspecified atom stereocenters. The normalized spacial score (nSPS) is 13.7. The molecule has 4 rings (SSSR count). The van der Waals surface area contributed by atoms with E-state index in [9.17, 15) is 9.59 Å². The number of amides is 2. The lowest BCUT2D eigenvalue weighted by molar-refractivity contribution is -0.137. The van der Waals surface area contributed by atoms with Crippen molar-refractivity contribution in [1.29, 1.82) is 0 Å². The maximum Gasteiger partial charge on any atom is 0.278 e. The third-order valence-electron chi connectivity index (χ3n) is 5.51. The molecule has 1 heterocycles. The fourth-order valence-electron chi connectivity index (χ4n) is 3.59. The molecule has 0 saturated carbocycles. The van der Waals surface area contributed by atoms with E-state index in [0.29, 0.717) is 16.9 Å². The van der Waals surface area contributed by atoms with E-state index in [-0.39, 0.29) is 24.1 Å². The van der Waals surface area contributed by atoms with Gasteiger partial charge in [-0.05, 0) is 60.4 Å². The lowest BCUT2D eigenvalue weighted by Gasteiger charge is -2.15. The number of rotatable bonds is 6. The molecule has 0 saturated heterocycles. The first-order chi connectivity index (χ1) is 15.0. The highest BCUT2D eigenvalue weighted by Crippen LogP contribution is 2.32. The Morgan fingerprint density at radius 2 is 1.55 bits per heavy atom. The van der Waals surface area contributed by atoms with Crippen LogP contribution in [0.3, 0.4) is 0 Å². The highest BCUT2D eigenvalue weighted by molar-refractivity contribution is 6.36. The zero-order valence-electron chi connectivity index (χ0n) is 17.8. The molecule has 1 aliphatic rings. The van der Waals surface area contributed by atoms with Crippen molar-refractivity contribution >= 4 is 23.1 Å². The third kappa shape index (κ3) is 4.08. The number of nitrogens with one attached hydrogen (secondary N) is 1. The van der Waals surface area contributed by atoms with Gasteiger partial charge in [-0.3, -0.25) is 14.5 Å². The number of carbonyl (C=O) groups excluding carboxylic acids is 2. The van der Waals surface area contributed by atoms with Gasteiger partial charge in [-0.2, -0.15) is 0 Å². The van der Waals surface area contributed by atoms with Crippen molar-refractivity contribution in [1.82, 2.24) is 4.90 Å². The van der Waals surface area contributed by atoms with Crippen LogP contribution >= 0.6 is 0 Å². The van der Waals surface area contributed by atoms with Crippen LogP contribution in [0.25, 0.3) is 5.57 Å². The number of hydrogen-bond acceptors (Lipinski definition) is 4. The molecule has 3 aromatic rings. The van der Waals surface area contributed by atoms with Gasteiger partial charge in [0.15, 0.2) is 0 Å². The van der Waals surface area contributed by atoms with E-state index in [1.54, 1.807) is 31.4 Å². The number of carbonyl (C=O) groups is 2. The highest BCUT2D eigenvalue weighted by atomic mass is 16.5. The number of benzene rings is 3. The molecule has 1 aliphatic heterocycles. The van der Waals surface area contributed by atoms with Gasteiger partial charge in [-0.1, -0.05) is 48.5 Å². The Balaban J connectivity index is 1.75. The lowest BCUT2D eigenvalue weighted by atomic mass is 10.0. The second kappa shape index (κ2) is 8.48. The first kappa shape index (κ1) is 20.4. The quantitative estimate of drug-likeness (QED) is 0.596. The second-order valence-corrected chi connectivity index (χ2v) is 7.58. The minimum absolute atomic E-state index is 0.219. The standard InChI is InChI=1S/C26H24N2O3/c1-17-9-12-21(15-18(17)2)27-24-23(20-10-13-22(31-3)14-11-20)25(29)28(26(24)30)16-19-7-5-4-6-8-19/h4-15,27H,16H2,1-3H3. The zero-order valence-corrected chi connectivity index (χ0v) is 17.8. The van der Waals surface area contributed by atoms with Crippen molar-refractivity contribution in [3.63, 3.8) is 0 Å². The van der Waals surface area contributed by atoms with Gasteiger partial charge in [-0.15, -0.1) is 0 Å². The Morgan fingerprint density at radius 3 is 2.19 bits per heavy atom. The van der Waals surface area contributed by atoms with Crippen molar-refractivity contribution in [2.75, 3.05) is 12.4 Å². The van der Waals surface area contributed by atoms with Gasteiger partial charge in [-0.25, -0.2) is 0 Å². The molecule has 156 valence electrons. The maximum absolute atomic E-state index is 13.4. The van der Waals surface area contributed by atoms with Gasteiger partial charge in [0.25, 0.3) is 11.8 Å². The van der Waals surface area contributed by atoms with Crippen molar-refractivity contribution in [2.24, 2.45) is 0 Å². The van der Waals surface area contributed by atoms with Gasteiger partial charge in [0.1, 0.15) is 11.4 Å². The van der Waals surface area contributed by atoms with Crippen molar-refractivity contribution in [2.45, 2.75) is 20.4 Å². The molecule has 5 heteroatoms. The van der Waals surface area contributed by atoms with Crippen LogP contribution in [0.4, 0.5) is 5.69 Å². The smallest absolute Gasteiger partial charge is 0.278 e. The van der Waals surface area contributed by atoms with Crippen LogP contribution in [0.15, 0.2) is 78.5 Å². The number of anilines is 1. The van der Waals surface area contributed by atoms with Crippen LogP contribution in [0.5, 0.6) is 5.75 Å². The van der Waals surface area contributed by atoms with Gasteiger partial charge in [0.05, 0.1) is 19.2 Å². The van der Waals surface area contributed by atoms with Crippen molar-refractivity contribution in [3.8, 4) is 5.75 Å². The number of aryl methyl sites for hydroxylation is 2. The van der Waals surface area contributed by atoms with Crippen molar-refractivity contribution in [3.05, 3.63) is 101 Å². The number of ether oxygens (including phenoxy) is 1. The molecule has 31 heavy (non-hydrogen) atoms. The van der Waals surface area contributed by atoms with Gasteiger partial charge in [0.2, 0.25) is 0 Å². The monoisotopic (exact) mass is 412 g/mol. The molecule has 0 atom stereocenters. The van der Waals surface area contributed by atoms with E-state index in [2.05, 4.69) is 5.32 Å². The molecule has 1 N–H and O–H groups in total. The molecule has 0 bridgehead atoms. The van der Waals surface area contributed by atoms with E-state index in [4.69, 9.17) is 4.74 Å². The highest BCUT2D eigenvalue weighted by Gasteiger charge is 2.39. The minimum Gasteiger partial charge on any atom is -0.497 e. The summed E-state index contributed by atoms with van der Waals surface area (Å²) in [5, 5.41) is 3.22. The summed E-state index contributed by atoms with van der Waals surface area (Å²) in [7, 11) is 1.59. The zero-order chi connectivity index (χ0) is 22.0. The summed E-state index contributed by atoms with van der Waals surface area (Å²) in [6.45, 7) is 4.27. The Hall–Kier alpha value is -3.86. The van der Waals surface area contributed by atoms with Gasteiger partial charge in [0, 0.05) is 5.69 Å². The molecular formula is C26H24N2O3. The predicted octanol–water partition coefficient (Wildman–Crippen LogP) is 4.70. The molecule has 0 fully saturated rings. The Bertz CT molecular complexity index is 1170. The Labute approximate surface area is 182 Å². The molecule has 0 aliphatic carbocycles. The lowest BCUT2D eigenvalue weighted by Crippen LogP contribution is -2.32. The summed E-state index contributed by atoms with van der Waals surface area (Å²) in [6, 6.07) is 22.6.